The summed E-state index contributed by atoms with van der Waals surface area (Å²) < 4.78 is 0.565. The number of hydrazone groups is 1. The van der Waals surface area contributed by atoms with Crippen LogP contribution in [0.1, 0.15) is 5.56 Å². The zero-order valence-electron chi connectivity index (χ0n) is 10.0. The summed E-state index contributed by atoms with van der Waals surface area (Å²) in [5, 5.41) is 23.8. The van der Waals surface area contributed by atoms with Crippen molar-refractivity contribution in [2.45, 2.75) is 0 Å². The molecule has 0 unspecified atom stereocenters. The lowest BCUT2D eigenvalue weighted by Gasteiger charge is -1.99. The number of rotatable bonds is 4. The lowest BCUT2D eigenvalue weighted by Crippen LogP contribution is -1.95. The van der Waals surface area contributed by atoms with Crippen LogP contribution in [0.15, 0.2) is 46.1 Å². The molecule has 2 rings (SSSR count). The molecule has 0 atom stereocenters. The molecule has 7 nitrogen and oxygen atoms in total. The molecular weight excluding hydrogens is 328 g/mol. The second-order valence-electron chi connectivity index (χ2n) is 3.74. The SMILES string of the molecule is O=[N+]([O-])c1ccc(NN=Cc2ccc(O)c(Br)c2)nc1. The van der Waals surface area contributed by atoms with E-state index >= 15 is 0 Å². The molecule has 0 saturated carbocycles. The fourth-order valence-corrected chi connectivity index (χ4v) is 1.73. The third-order valence-corrected chi connectivity index (χ3v) is 2.96. The molecular formula is C12H9BrN4O3. The Labute approximate surface area is 122 Å². The van der Waals surface area contributed by atoms with Gasteiger partial charge in [0, 0.05) is 6.07 Å². The second kappa shape index (κ2) is 6.11. The Hall–Kier alpha value is -2.48. The molecule has 2 N–H and O–H groups in total. The first-order valence-electron chi connectivity index (χ1n) is 5.44. The number of phenolic OH excluding ortho intramolecular Hbond substituents is 1. The number of halogens is 1. The van der Waals surface area contributed by atoms with Crippen molar-refractivity contribution in [3.8, 4) is 5.75 Å². The molecule has 2 aromatic rings. The van der Waals surface area contributed by atoms with E-state index in [9.17, 15) is 15.2 Å². The van der Waals surface area contributed by atoms with Crippen molar-refractivity contribution in [1.82, 2.24) is 4.98 Å². The molecule has 102 valence electrons. The summed E-state index contributed by atoms with van der Waals surface area (Å²) >= 11 is 3.20. The standard InChI is InChI=1S/C12H9BrN4O3/c13-10-5-8(1-3-11(10)18)6-15-16-12-4-2-9(7-14-12)17(19)20/h1-7,18H,(H,14,16). The summed E-state index contributed by atoms with van der Waals surface area (Å²) in [7, 11) is 0. The van der Waals surface area contributed by atoms with E-state index in [0.717, 1.165) is 11.8 Å². The second-order valence-corrected chi connectivity index (χ2v) is 4.59. The number of nitrogens with zero attached hydrogens (tertiary/aromatic N) is 3. The first-order valence-corrected chi connectivity index (χ1v) is 6.23. The highest BCUT2D eigenvalue weighted by molar-refractivity contribution is 9.10. The number of phenols is 1. The van der Waals surface area contributed by atoms with Gasteiger partial charge < -0.3 is 5.11 Å². The number of aromatic nitrogens is 1. The van der Waals surface area contributed by atoms with Gasteiger partial charge >= 0.3 is 0 Å². The Bertz CT molecular complexity index is 658. The Kier molecular flexibility index (Phi) is 4.26. The van der Waals surface area contributed by atoms with Crippen molar-refractivity contribution in [3.63, 3.8) is 0 Å². The summed E-state index contributed by atoms with van der Waals surface area (Å²) in [6.07, 6.45) is 2.68. The molecule has 0 spiro atoms. The van der Waals surface area contributed by atoms with Gasteiger partial charge in [0.1, 0.15) is 17.8 Å². The van der Waals surface area contributed by atoms with Crippen molar-refractivity contribution in [2.75, 3.05) is 5.43 Å². The van der Waals surface area contributed by atoms with E-state index < -0.39 is 4.92 Å². The fraction of sp³-hybridized carbons (Fsp3) is 0. The van der Waals surface area contributed by atoms with Gasteiger partial charge in [-0.05, 0) is 45.8 Å². The topological polar surface area (TPSA) is 101 Å². The van der Waals surface area contributed by atoms with E-state index in [-0.39, 0.29) is 11.4 Å². The minimum Gasteiger partial charge on any atom is -0.507 e. The van der Waals surface area contributed by atoms with Crippen molar-refractivity contribution < 1.29 is 10.0 Å². The average molecular weight is 337 g/mol. The largest absolute Gasteiger partial charge is 0.507 e. The number of pyridine rings is 1. The predicted octanol–water partition coefficient (Wildman–Crippen LogP) is 2.90. The number of benzene rings is 1. The third-order valence-electron chi connectivity index (χ3n) is 2.32. The molecule has 0 bridgehead atoms. The molecule has 0 aliphatic carbocycles. The maximum absolute atomic E-state index is 10.5. The van der Waals surface area contributed by atoms with E-state index in [0.29, 0.717) is 10.3 Å². The number of hydrogen-bond donors (Lipinski definition) is 2. The predicted molar refractivity (Wildman–Crippen MR) is 77.9 cm³/mol. The van der Waals surface area contributed by atoms with Gasteiger partial charge in [0.05, 0.1) is 15.6 Å². The van der Waals surface area contributed by atoms with E-state index in [1.54, 1.807) is 12.1 Å². The van der Waals surface area contributed by atoms with Gasteiger partial charge in [-0.2, -0.15) is 5.10 Å². The van der Waals surface area contributed by atoms with Crippen LogP contribution in [0.25, 0.3) is 0 Å². The number of anilines is 1. The van der Waals surface area contributed by atoms with Crippen LogP contribution in [0, 0.1) is 10.1 Å². The number of hydrogen-bond acceptors (Lipinski definition) is 6. The molecule has 1 heterocycles. The van der Waals surface area contributed by atoms with Crippen LogP contribution in [0.2, 0.25) is 0 Å². The smallest absolute Gasteiger partial charge is 0.287 e. The monoisotopic (exact) mass is 336 g/mol. The highest BCUT2D eigenvalue weighted by atomic mass is 79.9. The minimum absolute atomic E-state index is 0.0815. The van der Waals surface area contributed by atoms with Crippen LogP contribution in [0.5, 0.6) is 5.75 Å². The molecule has 1 aromatic carbocycles. The first kappa shape index (κ1) is 13.9. The van der Waals surface area contributed by atoms with Crippen molar-refractivity contribution in [2.24, 2.45) is 5.10 Å². The van der Waals surface area contributed by atoms with Gasteiger partial charge in [-0.3, -0.25) is 15.5 Å². The summed E-state index contributed by atoms with van der Waals surface area (Å²) in [5.41, 5.74) is 3.34. The van der Waals surface area contributed by atoms with Crippen molar-refractivity contribution in [1.29, 1.82) is 0 Å². The van der Waals surface area contributed by atoms with Crippen LogP contribution >= 0.6 is 15.9 Å². The Morgan fingerprint density at radius 3 is 2.80 bits per heavy atom. The van der Waals surface area contributed by atoms with Crippen LogP contribution in [0.4, 0.5) is 11.5 Å². The molecule has 0 fully saturated rings. The average Bonchev–Trinajstić information content (AvgIpc) is 2.43. The van der Waals surface area contributed by atoms with Gasteiger partial charge in [-0.1, -0.05) is 0 Å². The summed E-state index contributed by atoms with van der Waals surface area (Å²) in [6, 6.07) is 7.72. The van der Waals surface area contributed by atoms with Gasteiger partial charge in [0.2, 0.25) is 0 Å². The Morgan fingerprint density at radius 2 is 2.20 bits per heavy atom. The fourth-order valence-electron chi connectivity index (χ4n) is 1.34. The zero-order chi connectivity index (χ0) is 14.5. The van der Waals surface area contributed by atoms with E-state index in [1.807, 2.05) is 0 Å². The van der Waals surface area contributed by atoms with Crippen LogP contribution < -0.4 is 5.43 Å². The summed E-state index contributed by atoms with van der Waals surface area (Å²) in [6.45, 7) is 0. The van der Waals surface area contributed by atoms with Gasteiger partial charge in [-0.25, -0.2) is 4.98 Å². The molecule has 20 heavy (non-hydrogen) atoms. The van der Waals surface area contributed by atoms with E-state index in [2.05, 4.69) is 31.4 Å². The quantitative estimate of drug-likeness (QED) is 0.507. The number of nitro groups is 1. The maximum atomic E-state index is 10.5. The molecule has 0 saturated heterocycles. The Morgan fingerprint density at radius 1 is 1.40 bits per heavy atom. The van der Waals surface area contributed by atoms with Crippen LogP contribution in [0.3, 0.4) is 0 Å². The Balaban J connectivity index is 2.02. The normalized spacial score (nSPS) is 10.7. The molecule has 0 aliphatic heterocycles. The first-order chi connectivity index (χ1) is 9.56. The van der Waals surface area contributed by atoms with Gasteiger partial charge in [0.25, 0.3) is 5.69 Å². The van der Waals surface area contributed by atoms with Crippen LogP contribution in [-0.2, 0) is 0 Å². The third kappa shape index (κ3) is 3.51. The zero-order valence-corrected chi connectivity index (χ0v) is 11.6. The molecule has 0 aliphatic rings. The van der Waals surface area contributed by atoms with Crippen molar-refractivity contribution in [3.05, 3.63) is 56.7 Å². The highest BCUT2D eigenvalue weighted by Crippen LogP contribution is 2.23. The summed E-state index contributed by atoms with van der Waals surface area (Å²) in [4.78, 5) is 13.8. The lowest BCUT2D eigenvalue weighted by molar-refractivity contribution is -0.385. The van der Waals surface area contributed by atoms with E-state index in [1.165, 1.54) is 24.4 Å². The number of aromatic hydroxyl groups is 1. The van der Waals surface area contributed by atoms with Gasteiger partial charge in [-0.15, -0.1) is 0 Å². The summed E-state index contributed by atoms with van der Waals surface area (Å²) in [5.74, 6) is 0.539. The van der Waals surface area contributed by atoms with E-state index in [4.69, 9.17) is 0 Å². The van der Waals surface area contributed by atoms with Gasteiger partial charge in [0.15, 0.2) is 0 Å². The maximum Gasteiger partial charge on any atom is 0.287 e. The number of nitrogens with one attached hydrogen (secondary N) is 1. The van der Waals surface area contributed by atoms with Crippen LogP contribution in [-0.4, -0.2) is 21.2 Å². The molecule has 1 aromatic heterocycles. The minimum atomic E-state index is -0.520. The van der Waals surface area contributed by atoms with Crippen molar-refractivity contribution >= 4 is 33.6 Å². The molecule has 0 radical (unpaired) electrons. The lowest BCUT2D eigenvalue weighted by atomic mass is 10.2. The molecule has 8 heteroatoms. The highest BCUT2D eigenvalue weighted by Gasteiger charge is 2.04. The molecule has 0 amide bonds.